The normalized spacial score (nSPS) is 44.8. The van der Waals surface area contributed by atoms with Crippen LogP contribution in [0.2, 0.25) is 0 Å². The van der Waals surface area contributed by atoms with E-state index in [4.69, 9.17) is 4.74 Å². The molecular formula is C30H45F2NO2. The third kappa shape index (κ3) is 4.10. The molecule has 0 aliphatic heterocycles. The molecule has 2 unspecified atom stereocenters. The van der Waals surface area contributed by atoms with Gasteiger partial charge in [0.15, 0.2) is 6.10 Å². The zero-order valence-electron chi connectivity index (χ0n) is 21.8. The zero-order valence-corrected chi connectivity index (χ0v) is 21.8. The van der Waals surface area contributed by atoms with Crippen LogP contribution in [0.3, 0.4) is 0 Å². The summed E-state index contributed by atoms with van der Waals surface area (Å²) in [5.41, 5.74) is 0.128. The van der Waals surface area contributed by atoms with Crippen molar-refractivity contribution in [1.29, 1.82) is 0 Å². The predicted octanol–water partition coefficient (Wildman–Crippen LogP) is 7.20. The van der Waals surface area contributed by atoms with E-state index in [0.29, 0.717) is 47.1 Å². The molecule has 1 N–H and O–H groups in total. The molecule has 5 saturated carbocycles. The molecule has 3 nitrogen and oxygen atoms in total. The first-order chi connectivity index (χ1) is 16.7. The van der Waals surface area contributed by atoms with Crippen molar-refractivity contribution in [3.05, 3.63) is 11.6 Å². The van der Waals surface area contributed by atoms with Gasteiger partial charge in [-0.1, -0.05) is 45.6 Å². The Hall–Kier alpha value is -0.970. The molecule has 7 atom stereocenters. The van der Waals surface area contributed by atoms with Crippen molar-refractivity contribution in [2.75, 3.05) is 0 Å². The first kappa shape index (κ1) is 24.4. The summed E-state index contributed by atoms with van der Waals surface area (Å²) in [4.78, 5) is 12.5. The molecule has 6 aliphatic rings. The fourth-order valence-corrected chi connectivity index (χ4v) is 9.50. The SMILES string of the molecule is C[C@]12CCC(OC(=O)CCC3CCCC3)C(F)(F)C1=CC[C@@H]1[C@@H]2CC[C@]2(C)C(NC3CC3)CC[C@@H]12. The molecule has 0 aromatic rings. The Morgan fingerprint density at radius 1 is 1.00 bits per heavy atom. The Morgan fingerprint density at radius 2 is 1.77 bits per heavy atom. The van der Waals surface area contributed by atoms with Crippen LogP contribution in [0.4, 0.5) is 8.78 Å². The molecule has 35 heavy (non-hydrogen) atoms. The van der Waals surface area contributed by atoms with Gasteiger partial charge in [-0.25, -0.2) is 0 Å². The van der Waals surface area contributed by atoms with Gasteiger partial charge in [-0.05, 0) is 98.7 Å². The number of esters is 1. The van der Waals surface area contributed by atoms with Crippen molar-refractivity contribution in [3.63, 3.8) is 0 Å². The van der Waals surface area contributed by atoms with Crippen molar-refractivity contribution < 1.29 is 18.3 Å². The maximum absolute atomic E-state index is 15.9. The van der Waals surface area contributed by atoms with Crippen LogP contribution in [0.15, 0.2) is 11.6 Å². The van der Waals surface area contributed by atoms with Gasteiger partial charge in [-0.15, -0.1) is 0 Å². The number of hydrogen-bond donors (Lipinski definition) is 1. The second-order valence-electron chi connectivity index (χ2n) is 13.6. The van der Waals surface area contributed by atoms with E-state index in [0.717, 1.165) is 44.6 Å². The van der Waals surface area contributed by atoms with Gasteiger partial charge in [0.2, 0.25) is 0 Å². The standard InChI is InChI=1S/C30H45F2NO2/c1-28-18-16-26(35-27(34)14-7-19-5-3-4-6-19)30(31,32)24(28)12-10-21-22-11-13-25(33-20-8-9-20)29(22,2)17-15-23(21)28/h12,19-23,25-26,33H,3-11,13-18H2,1-2H3/t21-,22-,23-,25?,26?,28+,29-/m0/s1. The highest BCUT2D eigenvalue weighted by Gasteiger charge is 2.64. The van der Waals surface area contributed by atoms with E-state index in [1.165, 1.54) is 38.5 Å². The molecule has 0 heterocycles. The molecule has 5 heteroatoms. The summed E-state index contributed by atoms with van der Waals surface area (Å²) in [6.07, 6.45) is 15.5. The number of fused-ring (bicyclic) bond motifs is 5. The zero-order chi connectivity index (χ0) is 24.4. The third-order valence-electron chi connectivity index (χ3n) is 11.7. The Labute approximate surface area is 210 Å². The van der Waals surface area contributed by atoms with Crippen molar-refractivity contribution in [2.24, 2.45) is 34.5 Å². The van der Waals surface area contributed by atoms with Crippen LogP contribution in [-0.4, -0.2) is 30.1 Å². The minimum atomic E-state index is -3.05. The number of hydrogen-bond acceptors (Lipinski definition) is 3. The lowest BCUT2D eigenvalue weighted by atomic mass is 9.47. The highest BCUT2D eigenvalue weighted by atomic mass is 19.3. The molecule has 0 aromatic carbocycles. The van der Waals surface area contributed by atoms with Crippen LogP contribution >= 0.6 is 0 Å². The van der Waals surface area contributed by atoms with Crippen LogP contribution in [0.5, 0.6) is 0 Å². The van der Waals surface area contributed by atoms with E-state index >= 15 is 8.78 Å². The number of carbonyl (C=O) groups excluding carboxylic acids is 1. The molecule has 0 aromatic heterocycles. The van der Waals surface area contributed by atoms with Gasteiger partial charge in [0.1, 0.15) is 0 Å². The molecule has 196 valence electrons. The lowest BCUT2D eigenvalue weighted by Gasteiger charge is -2.59. The molecular weight excluding hydrogens is 444 g/mol. The fourth-order valence-electron chi connectivity index (χ4n) is 9.50. The topological polar surface area (TPSA) is 38.3 Å². The van der Waals surface area contributed by atoms with E-state index in [9.17, 15) is 4.79 Å². The largest absolute Gasteiger partial charge is 0.456 e. The number of carbonyl (C=O) groups is 1. The molecule has 0 radical (unpaired) electrons. The number of allylic oxidation sites excluding steroid dienone is 1. The van der Waals surface area contributed by atoms with Gasteiger partial charge in [0, 0.05) is 24.1 Å². The smallest absolute Gasteiger partial charge is 0.306 e. The second kappa shape index (κ2) is 8.81. The van der Waals surface area contributed by atoms with Crippen LogP contribution in [0.1, 0.15) is 110 Å². The summed E-state index contributed by atoms with van der Waals surface area (Å²) in [7, 11) is 0. The van der Waals surface area contributed by atoms with Gasteiger partial charge in [0.05, 0.1) is 0 Å². The number of rotatable bonds is 6. The average Bonchev–Trinajstić information content (AvgIpc) is 3.35. The lowest BCUT2D eigenvalue weighted by molar-refractivity contribution is -0.183. The molecule has 6 aliphatic carbocycles. The van der Waals surface area contributed by atoms with Crippen LogP contribution in [0, 0.1) is 34.5 Å². The number of nitrogens with one attached hydrogen (secondary N) is 1. The summed E-state index contributed by atoms with van der Waals surface area (Å²) in [6.45, 7) is 4.60. The highest BCUT2D eigenvalue weighted by Crippen LogP contribution is 2.66. The van der Waals surface area contributed by atoms with Crippen molar-refractivity contribution in [1.82, 2.24) is 5.32 Å². The van der Waals surface area contributed by atoms with Crippen molar-refractivity contribution in [3.8, 4) is 0 Å². The maximum atomic E-state index is 15.9. The second-order valence-corrected chi connectivity index (χ2v) is 13.6. The predicted molar refractivity (Wildman–Crippen MR) is 133 cm³/mol. The molecule has 0 amide bonds. The lowest BCUT2D eigenvalue weighted by Crippen LogP contribution is -2.57. The molecule has 0 saturated heterocycles. The third-order valence-corrected chi connectivity index (χ3v) is 11.7. The van der Waals surface area contributed by atoms with E-state index in [1.807, 2.05) is 6.08 Å². The van der Waals surface area contributed by atoms with Gasteiger partial charge < -0.3 is 10.1 Å². The van der Waals surface area contributed by atoms with E-state index in [-0.39, 0.29) is 12.8 Å². The number of alkyl halides is 2. The highest BCUT2D eigenvalue weighted by molar-refractivity contribution is 5.69. The minimum Gasteiger partial charge on any atom is -0.456 e. The summed E-state index contributed by atoms with van der Waals surface area (Å²) < 4.78 is 37.3. The van der Waals surface area contributed by atoms with E-state index in [1.54, 1.807) is 0 Å². The molecule has 6 rings (SSSR count). The fraction of sp³-hybridized carbons (Fsp3) is 0.900. The summed E-state index contributed by atoms with van der Waals surface area (Å²) >= 11 is 0. The summed E-state index contributed by atoms with van der Waals surface area (Å²) in [5, 5.41) is 3.94. The summed E-state index contributed by atoms with van der Waals surface area (Å²) in [6, 6.07) is 1.32. The number of halogens is 2. The first-order valence-corrected chi connectivity index (χ1v) is 14.8. The van der Waals surface area contributed by atoms with Gasteiger partial charge >= 0.3 is 11.9 Å². The Kier molecular flexibility index (Phi) is 6.13. The van der Waals surface area contributed by atoms with Gasteiger partial charge in [-0.2, -0.15) is 8.78 Å². The molecule has 5 fully saturated rings. The minimum absolute atomic E-state index is 0.285. The summed E-state index contributed by atoms with van der Waals surface area (Å²) in [5.74, 6) is -1.43. The van der Waals surface area contributed by atoms with Crippen LogP contribution in [-0.2, 0) is 9.53 Å². The maximum Gasteiger partial charge on any atom is 0.306 e. The van der Waals surface area contributed by atoms with E-state index < -0.39 is 23.4 Å². The molecule has 0 bridgehead atoms. The van der Waals surface area contributed by atoms with Crippen LogP contribution in [0.25, 0.3) is 0 Å². The quantitative estimate of drug-likeness (QED) is 0.317. The van der Waals surface area contributed by atoms with Gasteiger partial charge in [-0.3, -0.25) is 4.79 Å². The Balaban J connectivity index is 1.15. The van der Waals surface area contributed by atoms with Crippen LogP contribution < -0.4 is 5.32 Å². The Morgan fingerprint density at radius 3 is 2.51 bits per heavy atom. The Bertz CT molecular complexity index is 862. The average molecular weight is 490 g/mol. The monoisotopic (exact) mass is 489 g/mol. The van der Waals surface area contributed by atoms with Crippen molar-refractivity contribution in [2.45, 2.75) is 134 Å². The van der Waals surface area contributed by atoms with Gasteiger partial charge in [0.25, 0.3) is 0 Å². The molecule has 0 spiro atoms. The number of ether oxygens (including phenoxy) is 1. The van der Waals surface area contributed by atoms with E-state index in [2.05, 4.69) is 19.2 Å². The van der Waals surface area contributed by atoms with Crippen molar-refractivity contribution >= 4 is 5.97 Å². The first-order valence-electron chi connectivity index (χ1n) is 14.8.